The Morgan fingerprint density at radius 3 is 2.82 bits per heavy atom. The maximum absolute atomic E-state index is 5.99. The molecule has 1 aromatic heterocycles. The summed E-state index contributed by atoms with van der Waals surface area (Å²) in [5.41, 5.74) is 7.59. The zero-order chi connectivity index (χ0) is 7.90. The van der Waals surface area contributed by atoms with Gasteiger partial charge < -0.3 is 5.73 Å². The van der Waals surface area contributed by atoms with Gasteiger partial charge in [0.2, 0.25) is 0 Å². The van der Waals surface area contributed by atoms with Crippen LogP contribution in [0.5, 0.6) is 0 Å². The lowest BCUT2D eigenvalue weighted by Gasteiger charge is -2.04. The summed E-state index contributed by atoms with van der Waals surface area (Å²) in [6.45, 7) is 2.14. The van der Waals surface area contributed by atoms with Crippen LogP contribution in [0.2, 0.25) is 0 Å². The molecule has 0 unspecified atom stereocenters. The van der Waals surface area contributed by atoms with Gasteiger partial charge in [0.15, 0.2) is 0 Å². The second-order valence-electron chi connectivity index (χ2n) is 3.60. The van der Waals surface area contributed by atoms with E-state index in [1.165, 1.54) is 23.3 Å². The van der Waals surface area contributed by atoms with Crippen molar-refractivity contribution in [3.8, 4) is 0 Å². The van der Waals surface area contributed by atoms with Crippen LogP contribution < -0.4 is 5.73 Å². The van der Waals surface area contributed by atoms with Gasteiger partial charge in [-0.05, 0) is 43.2 Å². The average Bonchev–Trinajstić information content (AvgIpc) is 2.49. The van der Waals surface area contributed by atoms with E-state index >= 15 is 0 Å². The van der Waals surface area contributed by atoms with E-state index in [1.54, 1.807) is 0 Å². The van der Waals surface area contributed by atoms with E-state index in [4.69, 9.17) is 5.73 Å². The molecule has 1 aliphatic carbocycles. The van der Waals surface area contributed by atoms with Crippen LogP contribution in [-0.2, 0) is 6.42 Å². The minimum absolute atomic E-state index is 0.174. The molecule has 0 saturated heterocycles. The standard InChI is InChI=1S/C9H13NS/c1-7-4-8(6-11-7)5-9(10)2-3-9/h4,6H,2-3,5,10H2,1H3. The van der Waals surface area contributed by atoms with Gasteiger partial charge >= 0.3 is 0 Å². The fraction of sp³-hybridized carbons (Fsp3) is 0.556. The van der Waals surface area contributed by atoms with E-state index in [1.807, 2.05) is 11.3 Å². The van der Waals surface area contributed by atoms with Gasteiger partial charge in [0.1, 0.15) is 0 Å². The molecule has 2 heteroatoms. The molecule has 2 N–H and O–H groups in total. The number of thiophene rings is 1. The lowest BCUT2D eigenvalue weighted by atomic mass is 10.1. The van der Waals surface area contributed by atoms with Crippen molar-refractivity contribution in [1.82, 2.24) is 0 Å². The van der Waals surface area contributed by atoms with Crippen molar-refractivity contribution >= 4 is 11.3 Å². The molecule has 0 aliphatic heterocycles. The first-order chi connectivity index (χ1) is 5.18. The van der Waals surface area contributed by atoms with Gasteiger partial charge in [-0.15, -0.1) is 11.3 Å². The second kappa shape index (κ2) is 2.32. The maximum Gasteiger partial charge on any atom is 0.0196 e. The molecule has 0 radical (unpaired) electrons. The molecule has 1 aromatic rings. The first-order valence-corrected chi connectivity index (χ1v) is 4.89. The minimum atomic E-state index is 0.174. The molecule has 0 amide bonds. The Hall–Kier alpha value is -0.340. The highest BCUT2D eigenvalue weighted by Gasteiger charge is 2.37. The van der Waals surface area contributed by atoms with E-state index in [-0.39, 0.29) is 5.54 Å². The van der Waals surface area contributed by atoms with E-state index in [9.17, 15) is 0 Å². The molecule has 1 fully saturated rings. The molecule has 1 saturated carbocycles. The van der Waals surface area contributed by atoms with Crippen molar-refractivity contribution in [2.75, 3.05) is 0 Å². The van der Waals surface area contributed by atoms with E-state index < -0.39 is 0 Å². The Labute approximate surface area is 71.2 Å². The fourth-order valence-electron chi connectivity index (χ4n) is 1.33. The largest absolute Gasteiger partial charge is 0.325 e. The Balaban J connectivity index is 2.06. The highest BCUT2D eigenvalue weighted by Crippen LogP contribution is 2.36. The summed E-state index contributed by atoms with van der Waals surface area (Å²) in [4.78, 5) is 1.39. The van der Waals surface area contributed by atoms with Crippen LogP contribution >= 0.6 is 11.3 Å². The van der Waals surface area contributed by atoms with Gasteiger partial charge in [0, 0.05) is 10.4 Å². The lowest BCUT2D eigenvalue weighted by Crippen LogP contribution is -2.24. The van der Waals surface area contributed by atoms with Gasteiger partial charge in [-0.3, -0.25) is 0 Å². The van der Waals surface area contributed by atoms with Gasteiger partial charge in [0.05, 0.1) is 0 Å². The summed E-state index contributed by atoms with van der Waals surface area (Å²) in [7, 11) is 0. The number of rotatable bonds is 2. The van der Waals surface area contributed by atoms with Crippen molar-refractivity contribution in [3.05, 3.63) is 21.9 Å². The summed E-state index contributed by atoms with van der Waals surface area (Å²) >= 11 is 1.82. The molecular formula is C9H13NS. The van der Waals surface area contributed by atoms with Crippen LogP contribution in [0.3, 0.4) is 0 Å². The van der Waals surface area contributed by atoms with Gasteiger partial charge in [-0.2, -0.15) is 0 Å². The molecule has 0 atom stereocenters. The number of aryl methyl sites for hydroxylation is 1. The summed E-state index contributed by atoms with van der Waals surface area (Å²) in [5.74, 6) is 0. The molecule has 0 aromatic carbocycles. The number of nitrogens with two attached hydrogens (primary N) is 1. The third-order valence-electron chi connectivity index (χ3n) is 2.23. The van der Waals surface area contributed by atoms with Crippen LogP contribution in [0, 0.1) is 6.92 Å². The van der Waals surface area contributed by atoms with Crippen LogP contribution in [0.1, 0.15) is 23.3 Å². The predicted octanol–water partition coefficient (Wildman–Crippen LogP) is 2.09. The first-order valence-electron chi connectivity index (χ1n) is 4.01. The lowest BCUT2D eigenvalue weighted by molar-refractivity contribution is 0.673. The summed E-state index contributed by atoms with van der Waals surface area (Å²) in [6, 6.07) is 2.25. The highest BCUT2D eigenvalue weighted by atomic mass is 32.1. The zero-order valence-corrected chi connectivity index (χ0v) is 7.58. The van der Waals surface area contributed by atoms with Crippen molar-refractivity contribution in [2.45, 2.75) is 31.7 Å². The van der Waals surface area contributed by atoms with Crippen LogP contribution in [0.4, 0.5) is 0 Å². The molecule has 0 bridgehead atoms. The van der Waals surface area contributed by atoms with Crippen LogP contribution in [-0.4, -0.2) is 5.54 Å². The SMILES string of the molecule is Cc1cc(CC2(N)CC2)cs1. The topological polar surface area (TPSA) is 26.0 Å². The average molecular weight is 167 g/mol. The molecule has 0 spiro atoms. The Morgan fingerprint density at radius 2 is 2.36 bits per heavy atom. The molecule has 2 rings (SSSR count). The first kappa shape index (κ1) is 7.32. The van der Waals surface area contributed by atoms with Gasteiger partial charge in [-0.25, -0.2) is 0 Å². The van der Waals surface area contributed by atoms with Crippen LogP contribution in [0.25, 0.3) is 0 Å². The van der Waals surface area contributed by atoms with Crippen molar-refractivity contribution in [3.63, 3.8) is 0 Å². The van der Waals surface area contributed by atoms with E-state index in [0.29, 0.717) is 0 Å². The Bertz CT molecular complexity index is 260. The molecule has 11 heavy (non-hydrogen) atoms. The molecule has 60 valence electrons. The number of hydrogen-bond donors (Lipinski definition) is 1. The zero-order valence-electron chi connectivity index (χ0n) is 6.76. The van der Waals surface area contributed by atoms with Crippen molar-refractivity contribution < 1.29 is 0 Å². The molecular weight excluding hydrogens is 154 g/mol. The third-order valence-corrected chi connectivity index (χ3v) is 3.14. The minimum Gasteiger partial charge on any atom is -0.325 e. The van der Waals surface area contributed by atoms with Gasteiger partial charge in [-0.1, -0.05) is 0 Å². The van der Waals surface area contributed by atoms with Crippen molar-refractivity contribution in [1.29, 1.82) is 0 Å². The van der Waals surface area contributed by atoms with E-state index in [0.717, 1.165) is 6.42 Å². The molecule has 1 nitrogen and oxygen atoms in total. The van der Waals surface area contributed by atoms with Crippen molar-refractivity contribution in [2.24, 2.45) is 5.73 Å². The predicted molar refractivity (Wildman–Crippen MR) is 48.9 cm³/mol. The molecule has 1 aliphatic rings. The quantitative estimate of drug-likeness (QED) is 0.717. The van der Waals surface area contributed by atoms with Crippen LogP contribution in [0.15, 0.2) is 11.4 Å². The van der Waals surface area contributed by atoms with Gasteiger partial charge in [0.25, 0.3) is 0 Å². The Kier molecular flexibility index (Phi) is 1.55. The normalized spacial score (nSPS) is 20.2. The highest BCUT2D eigenvalue weighted by molar-refractivity contribution is 7.10. The Morgan fingerprint density at radius 1 is 1.64 bits per heavy atom. The number of hydrogen-bond acceptors (Lipinski definition) is 2. The maximum atomic E-state index is 5.99. The summed E-state index contributed by atoms with van der Waals surface area (Å²) in [6.07, 6.45) is 3.50. The summed E-state index contributed by atoms with van der Waals surface area (Å²) in [5, 5.41) is 2.22. The van der Waals surface area contributed by atoms with E-state index in [2.05, 4.69) is 18.4 Å². The molecule has 1 heterocycles. The third kappa shape index (κ3) is 1.63. The second-order valence-corrected chi connectivity index (χ2v) is 4.72. The monoisotopic (exact) mass is 167 g/mol. The smallest absolute Gasteiger partial charge is 0.0196 e. The summed E-state index contributed by atoms with van der Waals surface area (Å²) < 4.78 is 0. The fourth-order valence-corrected chi connectivity index (χ4v) is 2.04.